The second-order valence-corrected chi connectivity index (χ2v) is 6.80. The van der Waals surface area contributed by atoms with Crippen LogP contribution in [0.1, 0.15) is 19.3 Å². The highest BCUT2D eigenvalue weighted by atomic mass is 32.2. The number of carbonyl (C=O) groups is 2. The molecule has 1 aliphatic carbocycles. The van der Waals surface area contributed by atoms with Crippen molar-refractivity contribution in [2.45, 2.75) is 19.3 Å². The van der Waals surface area contributed by atoms with E-state index in [-0.39, 0.29) is 32.1 Å². The smallest absolute Gasteiger partial charge is 0.307 e. The highest BCUT2D eigenvalue weighted by molar-refractivity contribution is 7.86. The van der Waals surface area contributed by atoms with E-state index in [1.807, 2.05) is 0 Å². The highest BCUT2D eigenvalue weighted by Gasteiger charge is 2.40. The number of carboxylic acids is 1. The first-order valence-electron chi connectivity index (χ1n) is 6.60. The number of nitrogens with two attached hydrogens (primary N) is 1. The van der Waals surface area contributed by atoms with Crippen molar-refractivity contribution in [3.63, 3.8) is 0 Å². The van der Waals surface area contributed by atoms with Crippen LogP contribution in [0.15, 0.2) is 0 Å². The average molecular weight is 305 g/mol. The number of nitrogens with zero attached hydrogens (tertiary/aromatic N) is 2. The molecule has 1 aliphatic heterocycles. The standard InChI is InChI=1S/C11H19N3O5S/c12-20(18,19)14-6-4-13(5-7-14)10(15)8-2-1-3-9(8)11(16)17/h8-9H,1-7H2,(H,16,17)(H2,12,18,19). The molecule has 114 valence electrons. The molecule has 0 bridgehead atoms. The van der Waals surface area contributed by atoms with Gasteiger partial charge in [0.1, 0.15) is 0 Å². The molecule has 0 aromatic heterocycles. The highest BCUT2D eigenvalue weighted by Crippen LogP contribution is 2.33. The van der Waals surface area contributed by atoms with Crippen molar-refractivity contribution in [2.75, 3.05) is 26.2 Å². The van der Waals surface area contributed by atoms with Crippen molar-refractivity contribution in [3.05, 3.63) is 0 Å². The molecule has 2 rings (SSSR count). The predicted molar refractivity (Wildman–Crippen MR) is 69.7 cm³/mol. The zero-order chi connectivity index (χ0) is 14.9. The number of carboxylic acid groups (broad SMARTS) is 1. The quantitative estimate of drug-likeness (QED) is 0.681. The van der Waals surface area contributed by atoms with Crippen LogP contribution in [0.5, 0.6) is 0 Å². The summed E-state index contributed by atoms with van der Waals surface area (Å²) in [5.41, 5.74) is 0. The molecular weight excluding hydrogens is 286 g/mol. The molecule has 1 saturated carbocycles. The van der Waals surface area contributed by atoms with Gasteiger partial charge in [0.25, 0.3) is 10.2 Å². The van der Waals surface area contributed by atoms with E-state index in [1.165, 1.54) is 0 Å². The van der Waals surface area contributed by atoms with E-state index in [4.69, 9.17) is 10.2 Å². The Balaban J connectivity index is 1.97. The largest absolute Gasteiger partial charge is 0.481 e. The molecule has 2 atom stereocenters. The van der Waals surface area contributed by atoms with E-state index in [0.29, 0.717) is 12.8 Å². The summed E-state index contributed by atoms with van der Waals surface area (Å²) in [6.07, 6.45) is 1.86. The van der Waals surface area contributed by atoms with E-state index in [9.17, 15) is 18.0 Å². The maximum Gasteiger partial charge on any atom is 0.307 e. The molecule has 3 N–H and O–H groups in total. The summed E-state index contributed by atoms with van der Waals surface area (Å²) in [4.78, 5) is 25.0. The van der Waals surface area contributed by atoms with Crippen LogP contribution in [0.25, 0.3) is 0 Å². The Hall–Kier alpha value is -1.19. The lowest BCUT2D eigenvalue weighted by atomic mass is 9.94. The molecule has 0 aromatic rings. The number of amides is 1. The van der Waals surface area contributed by atoms with Gasteiger partial charge in [0.15, 0.2) is 0 Å². The van der Waals surface area contributed by atoms with E-state index >= 15 is 0 Å². The van der Waals surface area contributed by atoms with Gasteiger partial charge in [0, 0.05) is 26.2 Å². The molecule has 9 heteroatoms. The second kappa shape index (κ2) is 5.66. The van der Waals surface area contributed by atoms with Gasteiger partial charge < -0.3 is 10.0 Å². The topological polar surface area (TPSA) is 121 Å². The molecule has 2 fully saturated rings. The molecule has 1 amide bonds. The van der Waals surface area contributed by atoms with Gasteiger partial charge >= 0.3 is 5.97 Å². The molecule has 0 aromatic carbocycles. The van der Waals surface area contributed by atoms with Crippen molar-refractivity contribution >= 4 is 22.1 Å². The lowest BCUT2D eigenvalue weighted by molar-refractivity contribution is -0.149. The van der Waals surface area contributed by atoms with Gasteiger partial charge in [-0.05, 0) is 12.8 Å². The third kappa shape index (κ3) is 3.10. The second-order valence-electron chi connectivity index (χ2n) is 5.25. The zero-order valence-corrected chi connectivity index (χ0v) is 11.9. The normalized spacial score (nSPS) is 28.6. The van der Waals surface area contributed by atoms with E-state index in [0.717, 1.165) is 10.7 Å². The molecule has 1 saturated heterocycles. The van der Waals surface area contributed by atoms with Crippen molar-refractivity contribution < 1.29 is 23.1 Å². The van der Waals surface area contributed by atoms with Crippen LogP contribution in [-0.4, -0.2) is 60.8 Å². The Morgan fingerprint density at radius 1 is 1.05 bits per heavy atom. The monoisotopic (exact) mass is 305 g/mol. The molecule has 1 heterocycles. The summed E-state index contributed by atoms with van der Waals surface area (Å²) in [5, 5.41) is 14.1. The fraction of sp³-hybridized carbons (Fsp3) is 0.818. The number of aliphatic carboxylic acids is 1. The molecule has 0 spiro atoms. The zero-order valence-electron chi connectivity index (χ0n) is 11.1. The predicted octanol–water partition coefficient (Wildman–Crippen LogP) is -1.16. The van der Waals surface area contributed by atoms with E-state index in [2.05, 4.69) is 0 Å². The molecule has 2 aliphatic rings. The summed E-state index contributed by atoms with van der Waals surface area (Å²) < 4.78 is 23.5. The third-order valence-electron chi connectivity index (χ3n) is 4.06. The van der Waals surface area contributed by atoms with Crippen molar-refractivity contribution in [1.82, 2.24) is 9.21 Å². The number of piperazine rings is 1. The minimum absolute atomic E-state index is 0.162. The first kappa shape index (κ1) is 15.2. The maximum atomic E-state index is 12.3. The Morgan fingerprint density at radius 2 is 1.60 bits per heavy atom. The third-order valence-corrected chi connectivity index (χ3v) is 5.15. The summed E-state index contributed by atoms with van der Waals surface area (Å²) in [6.45, 7) is 0.847. The van der Waals surface area contributed by atoms with Crippen LogP contribution in [0.3, 0.4) is 0 Å². The fourth-order valence-corrected chi connectivity index (χ4v) is 3.62. The molecule has 0 radical (unpaired) electrons. The lowest BCUT2D eigenvalue weighted by Crippen LogP contribution is -2.53. The van der Waals surface area contributed by atoms with E-state index < -0.39 is 28.0 Å². The van der Waals surface area contributed by atoms with Gasteiger partial charge in [-0.25, -0.2) is 5.14 Å². The van der Waals surface area contributed by atoms with Crippen molar-refractivity contribution in [2.24, 2.45) is 17.0 Å². The first-order valence-corrected chi connectivity index (χ1v) is 8.10. The van der Waals surface area contributed by atoms with Gasteiger partial charge in [-0.2, -0.15) is 12.7 Å². The first-order chi connectivity index (χ1) is 9.30. The van der Waals surface area contributed by atoms with Crippen LogP contribution >= 0.6 is 0 Å². The average Bonchev–Trinajstić information content (AvgIpc) is 2.86. The van der Waals surface area contributed by atoms with Gasteiger partial charge in [0.05, 0.1) is 11.8 Å². The number of hydrogen-bond acceptors (Lipinski definition) is 4. The minimum atomic E-state index is -3.72. The summed E-state index contributed by atoms with van der Waals surface area (Å²) in [7, 11) is -3.72. The Kier molecular flexibility index (Phi) is 4.31. The SMILES string of the molecule is NS(=O)(=O)N1CCN(C(=O)C2CCCC2C(=O)O)CC1. The van der Waals surface area contributed by atoms with Crippen LogP contribution in [-0.2, 0) is 19.8 Å². The number of carbonyl (C=O) groups excluding carboxylic acids is 1. The van der Waals surface area contributed by atoms with Crippen LogP contribution in [0.2, 0.25) is 0 Å². The van der Waals surface area contributed by atoms with Crippen LogP contribution < -0.4 is 5.14 Å². The Morgan fingerprint density at radius 3 is 2.10 bits per heavy atom. The summed E-state index contributed by atoms with van der Waals surface area (Å²) in [5.74, 6) is -2.19. The molecular formula is C11H19N3O5S. The Bertz CT molecular complexity index is 498. The number of rotatable bonds is 3. The van der Waals surface area contributed by atoms with Gasteiger partial charge in [-0.15, -0.1) is 0 Å². The molecule has 20 heavy (non-hydrogen) atoms. The summed E-state index contributed by atoms with van der Waals surface area (Å²) >= 11 is 0. The maximum absolute atomic E-state index is 12.3. The van der Waals surface area contributed by atoms with Crippen molar-refractivity contribution in [1.29, 1.82) is 0 Å². The van der Waals surface area contributed by atoms with Crippen molar-refractivity contribution in [3.8, 4) is 0 Å². The summed E-state index contributed by atoms with van der Waals surface area (Å²) in [6, 6.07) is 0. The van der Waals surface area contributed by atoms with Gasteiger partial charge in [-0.3, -0.25) is 9.59 Å². The van der Waals surface area contributed by atoms with Gasteiger partial charge in [0.2, 0.25) is 5.91 Å². The number of hydrogen-bond donors (Lipinski definition) is 2. The Labute approximate surface area is 117 Å². The minimum Gasteiger partial charge on any atom is -0.481 e. The fourth-order valence-electron chi connectivity index (χ4n) is 2.95. The van der Waals surface area contributed by atoms with Gasteiger partial charge in [-0.1, -0.05) is 6.42 Å². The van der Waals surface area contributed by atoms with Crippen LogP contribution in [0.4, 0.5) is 0 Å². The molecule has 2 unspecified atom stereocenters. The van der Waals surface area contributed by atoms with E-state index in [1.54, 1.807) is 4.90 Å². The molecule has 8 nitrogen and oxygen atoms in total. The van der Waals surface area contributed by atoms with Crippen LogP contribution in [0, 0.1) is 11.8 Å². The lowest BCUT2D eigenvalue weighted by Gasteiger charge is -2.35.